The maximum Gasteiger partial charge on any atom is 0.0705 e. The van der Waals surface area contributed by atoms with Crippen LogP contribution in [0, 0.1) is 17.8 Å². The molecule has 2 heteroatoms. The average molecular weight is 185 g/mol. The highest BCUT2D eigenvalue weighted by Gasteiger charge is 2.31. The molecule has 1 N–H and O–H groups in total. The number of hydrogen-bond acceptors (Lipinski definition) is 2. The second kappa shape index (κ2) is 4.97. The summed E-state index contributed by atoms with van der Waals surface area (Å²) in [7, 11) is 0. The quantitative estimate of drug-likeness (QED) is 0.665. The third kappa shape index (κ3) is 3.65. The van der Waals surface area contributed by atoms with Crippen molar-refractivity contribution in [3.63, 3.8) is 0 Å². The van der Waals surface area contributed by atoms with E-state index in [4.69, 9.17) is 4.84 Å². The molecule has 0 radical (unpaired) electrons. The van der Waals surface area contributed by atoms with Crippen molar-refractivity contribution in [3.05, 3.63) is 0 Å². The lowest BCUT2D eigenvalue weighted by atomic mass is 9.74. The predicted molar refractivity (Wildman–Crippen MR) is 55.3 cm³/mol. The van der Waals surface area contributed by atoms with E-state index < -0.39 is 0 Å². The molecule has 0 saturated heterocycles. The Labute approximate surface area is 82.0 Å². The Morgan fingerprint density at radius 1 is 1.23 bits per heavy atom. The zero-order valence-corrected chi connectivity index (χ0v) is 9.34. The molecule has 1 aliphatic rings. The third-order valence-electron chi connectivity index (χ3n) is 2.78. The Kier molecular flexibility index (Phi) is 4.20. The van der Waals surface area contributed by atoms with Gasteiger partial charge in [-0.15, -0.1) is 0 Å². The largest absolute Gasteiger partial charge is 0.301 e. The fourth-order valence-corrected chi connectivity index (χ4v) is 1.64. The van der Waals surface area contributed by atoms with Gasteiger partial charge in [0.25, 0.3) is 0 Å². The topological polar surface area (TPSA) is 21.3 Å². The Morgan fingerprint density at radius 2 is 1.85 bits per heavy atom. The average Bonchev–Trinajstić information content (AvgIpc) is 1.92. The summed E-state index contributed by atoms with van der Waals surface area (Å²) < 4.78 is 0. The van der Waals surface area contributed by atoms with E-state index >= 15 is 0 Å². The molecule has 0 amide bonds. The van der Waals surface area contributed by atoms with Crippen molar-refractivity contribution in [1.29, 1.82) is 0 Å². The minimum atomic E-state index is 0.617. The zero-order chi connectivity index (χ0) is 9.84. The maximum atomic E-state index is 5.38. The van der Waals surface area contributed by atoms with Crippen LogP contribution in [-0.4, -0.2) is 12.6 Å². The highest BCUT2D eigenvalue weighted by atomic mass is 16.6. The summed E-state index contributed by atoms with van der Waals surface area (Å²) in [5, 5.41) is 0. The van der Waals surface area contributed by atoms with Gasteiger partial charge in [-0.05, 0) is 30.6 Å². The fraction of sp³-hybridized carbons (Fsp3) is 1.00. The first-order chi connectivity index (χ1) is 6.09. The molecule has 0 atom stereocenters. The predicted octanol–water partition coefficient (Wildman–Crippen LogP) is 2.60. The van der Waals surface area contributed by atoms with Crippen molar-refractivity contribution >= 4 is 0 Å². The molecule has 1 rings (SSSR count). The van der Waals surface area contributed by atoms with E-state index in [-0.39, 0.29) is 0 Å². The second-order valence-corrected chi connectivity index (χ2v) is 5.00. The molecule has 0 aromatic carbocycles. The third-order valence-corrected chi connectivity index (χ3v) is 2.78. The van der Waals surface area contributed by atoms with Crippen LogP contribution in [0.15, 0.2) is 0 Å². The van der Waals surface area contributed by atoms with Gasteiger partial charge in [-0.25, -0.2) is 0 Å². The van der Waals surface area contributed by atoms with E-state index in [0.717, 1.165) is 18.4 Å². The number of rotatable bonds is 5. The first-order valence-corrected chi connectivity index (χ1v) is 5.47. The van der Waals surface area contributed by atoms with E-state index in [0.29, 0.717) is 12.0 Å². The van der Waals surface area contributed by atoms with E-state index in [1.54, 1.807) is 0 Å². The number of hydroxylamine groups is 1. The zero-order valence-electron chi connectivity index (χ0n) is 9.34. The summed E-state index contributed by atoms with van der Waals surface area (Å²) in [4.78, 5) is 5.38. The van der Waals surface area contributed by atoms with Crippen molar-refractivity contribution in [3.8, 4) is 0 Å². The van der Waals surface area contributed by atoms with E-state index in [1.807, 2.05) is 0 Å². The Balaban J connectivity index is 1.96. The molecule has 0 heterocycles. The molecule has 13 heavy (non-hydrogen) atoms. The van der Waals surface area contributed by atoms with E-state index in [9.17, 15) is 0 Å². The summed E-state index contributed by atoms with van der Waals surface area (Å²) in [6, 6.07) is 0.617. The Bertz CT molecular complexity index is 139. The molecule has 0 aromatic heterocycles. The van der Waals surface area contributed by atoms with Crippen LogP contribution in [0.2, 0.25) is 0 Å². The molecular weight excluding hydrogens is 162 g/mol. The van der Waals surface area contributed by atoms with Crippen LogP contribution < -0.4 is 5.48 Å². The van der Waals surface area contributed by atoms with Crippen LogP contribution in [0.5, 0.6) is 0 Å². The van der Waals surface area contributed by atoms with Crippen molar-refractivity contribution in [2.45, 2.75) is 46.6 Å². The minimum absolute atomic E-state index is 0.617. The van der Waals surface area contributed by atoms with E-state index in [2.05, 4.69) is 33.2 Å². The van der Waals surface area contributed by atoms with E-state index in [1.165, 1.54) is 12.8 Å². The Hall–Kier alpha value is -0.0800. The lowest BCUT2D eigenvalue weighted by Gasteiger charge is -2.38. The van der Waals surface area contributed by atoms with Crippen molar-refractivity contribution < 1.29 is 4.84 Å². The Morgan fingerprint density at radius 3 is 2.31 bits per heavy atom. The molecule has 0 bridgehead atoms. The van der Waals surface area contributed by atoms with Crippen LogP contribution in [0.3, 0.4) is 0 Å². The van der Waals surface area contributed by atoms with Crippen LogP contribution in [0.25, 0.3) is 0 Å². The first kappa shape index (κ1) is 11.0. The van der Waals surface area contributed by atoms with Crippen molar-refractivity contribution in [2.75, 3.05) is 6.61 Å². The minimum Gasteiger partial charge on any atom is -0.301 e. The second-order valence-electron chi connectivity index (χ2n) is 5.00. The lowest BCUT2D eigenvalue weighted by Crippen LogP contribution is -2.43. The van der Waals surface area contributed by atoms with Crippen LogP contribution in [0.1, 0.15) is 40.5 Å². The molecule has 78 valence electrons. The standard InChI is InChI=1S/C11H23NO/c1-8(2)7-13-12-11-5-10(6-11)9(3)4/h8-12H,5-7H2,1-4H3. The van der Waals surface area contributed by atoms with Crippen molar-refractivity contribution in [2.24, 2.45) is 17.8 Å². The first-order valence-electron chi connectivity index (χ1n) is 5.47. The highest BCUT2D eigenvalue weighted by molar-refractivity contribution is 4.84. The summed E-state index contributed by atoms with van der Waals surface area (Å²) in [5.74, 6) is 2.37. The summed E-state index contributed by atoms with van der Waals surface area (Å²) in [5.41, 5.74) is 3.14. The highest BCUT2D eigenvalue weighted by Crippen LogP contribution is 2.33. The molecule has 0 unspecified atom stereocenters. The monoisotopic (exact) mass is 185 g/mol. The van der Waals surface area contributed by atoms with Gasteiger partial charge in [0.1, 0.15) is 0 Å². The van der Waals surface area contributed by atoms with Gasteiger partial charge in [0.2, 0.25) is 0 Å². The molecule has 0 aliphatic heterocycles. The van der Waals surface area contributed by atoms with Crippen LogP contribution in [-0.2, 0) is 4.84 Å². The summed E-state index contributed by atoms with van der Waals surface area (Å²) >= 11 is 0. The summed E-state index contributed by atoms with van der Waals surface area (Å²) in [6.07, 6.45) is 2.57. The van der Waals surface area contributed by atoms with Gasteiger partial charge in [-0.1, -0.05) is 27.7 Å². The number of hydrogen-bond donors (Lipinski definition) is 1. The molecule has 1 saturated carbocycles. The molecule has 1 fully saturated rings. The van der Waals surface area contributed by atoms with Crippen molar-refractivity contribution in [1.82, 2.24) is 5.48 Å². The van der Waals surface area contributed by atoms with Gasteiger partial charge >= 0.3 is 0 Å². The molecule has 1 aliphatic carbocycles. The molecule has 0 aromatic rings. The maximum absolute atomic E-state index is 5.38. The smallest absolute Gasteiger partial charge is 0.0705 e. The van der Waals surface area contributed by atoms with Crippen LogP contribution >= 0.6 is 0 Å². The lowest BCUT2D eigenvalue weighted by molar-refractivity contribution is -0.0359. The van der Waals surface area contributed by atoms with Gasteiger partial charge in [0, 0.05) is 6.04 Å². The van der Waals surface area contributed by atoms with Gasteiger partial charge in [0.15, 0.2) is 0 Å². The van der Waals surface area contributed by atoms with Gasteiger partial charge in [-0.2, -0.15) is 5.48 Å². The number of nitrogens with one attached hydrogen (secondary N) is 1. The molecule has 2 nitrogen and oxygen atoms in total. The van der Waals surface area contributed by atoms with Crippen LogP contribution in [0.4, 0.5) is 0 Å². The molecule has 0 spiro atoms. The van der Waals surface area contributed by atoms with Gasteiger partial charge < -0.3 is 4.84 Å². The van der Waals surface area contributed by atoms with Gasteiger partial charge in [-0.3, -0.25) is 0 Å². The summed E-state index contributed by atoms with van der Waals surface area (Å²) in [6.45, 7) is 9.76. The fourth-order valence-electron chi connectivity index (χ4n) is 1.64. The normalized spacial score (nSPS) is 28.2. The van der Waals surface area contributed by atoms with Gasteiger partial charge in [0.05, 0.1) is 6.61 Å². The molecular formula is C11H23NO. The SMILES string of the molecule is CC(C)CONC1CC(C(C)C)C1.